The van der Waals surface area contributed by atoms with E-state index in [0.717, 1.165) is 5.56 Å². The molecule has 36 heavy (non-hydrogen) atoms. The first-order chi connectivity index (χ1) is 17.0. The summed E-state index contributed by atoms with van der Waals surface area (Å²) in [4.78, 5) is 0. The summed E-state index contributed by atoms with van der Waals surface area (Å²) in [5.41, 5.74) is 4.35. The zero-order chi connectivity index (χ0) is 26.0. The van der Waals surface area contributed by atoms with Gasteiger partial charge in [-0.05, 0) is 18.8 Å². The number of fused-ring (bicyclic) bond motifs is 1. The third-order valence-electron chi connectivity index (χ3n) is 7.96. The van der Waals surface area contributed by atoms with Gasteiger partial charge in [0.05, 0.1) is 18.8 Å². The van der Waals surface area contributed by atoms with Crippen molar-refractivity contribution < 1.29 is 28.4 Å². The van der Waals surface area contributed by atoms with Gasteiger partial charge in [0, 0.05) is 17.4 Å². The van der Waals surface area contributed by atoms with E-state index in [9.17, 15) is 0 Å². The lowest BCUT2D eigenvalue weighted by molar-refractivity contribution is -0.376. The molecule has 3 saturated heterocycles. The largest absolute Gasteiger partial charge is 0.349 e. The molecule has 6 nitrogen and oxygen atoms in total. The van der Waals surface area contributed by atoms with Crippen molar-refractivity contribution in [1.29, 1.82) is 0 Å². The van der Waals surface area contributed by atoms with Gasteiger partial charge in [0.15, 0.2) is 18.9 Å². The van der Waals surface area contributed by atoms with E-state index in [4.69, 9.17) is 28.4 Å². The van der Waals surface area contributed by atoms with Gasteiger partial charge in [-0.25, -0.2) is 0 Å². The predicted octanol–water partition coefficient (Wildman–Crippen LogP) is 5.40. The summed E-state index contributed by atoms with van der Waals surface area (Å²) in [5.74, 6) is 4.34. The molecule has 4 rings (SSSR count). The Morgan fingerprint density at radius 2 is 1.58 bits per heavy atom. The van der Waals surface area contributed by atoms with Crippen molar-refractivity contribution in [2.24, 2.45) is 23.7 Å². The lowest BCUT2D eigenvalue weighted by Gasteiger charge is -2.51. The number of hydrogen-bond donors (Lipinski definition) is 0. The van der Waals surface area contributed by atoms with Crippen molar-refractivity contribution in [2.75, 3.05) is 13.2 Å². The van der Waals surface area contributed by atoms with E-state index >= 15 is 0 Å². The van der Waals surface area contributed by atoms with E-state index in [-0.39, 0.29) is 42.5 Å². The Labute approximate surface area is 218 Å². The van der Waals surface area contributed by atoms with Gasteiger partial charge >= 0.3 is 0 Å². The minimum atomic E-state index is -1.46. The van der Waals surface area contributed by atoms with Gasteiger partial charge in [0.2, 0.25) is 0 Å². The standard InChI is InChI=1S/C29H44O6Si/c1-18-19(2)22(5)32-28(20(18)3)34-25-21(4)27(30-15-12-16-36(6,7)8)33-24-17-31-29(35-26(24)25)23-13-10-9-11-14-23/h9-11,13-14,18-22,24-29H,15,17H2,1-8H3/t18-,19-,20?,21?,22?,24?,25+,26-,27+,28-,29?/m0/s1. The molecule has 0 N–H and O–H groups in total. The molecule has 7 heteroatoms. The fourth-order valence-corrected chi connectivity index (χ4v) is 5.83. The monoisotopic (exact) mass is 516 g/mol. The van der Waals surface area contributed by atoms with E-state index in [1.807, 2.05) is 30.3 Å². The predicted molar refractivity (Wildman–Crippen MR) is 142 cm³/mol. The molecule has 3 fully saturated rings. The summed E-state index contributed by atoms with van der Waals surface area (Å²) in [5, 5.41) is 0. The average Bonchev–Trinajstić information content (AvgIpc) is 2.85. The van der Waals surface area contributed by atoms with Crippen molar-refractivity contribution in [1.82, 2.24) is 0 Å². The highest BCUT2D eigenvalue weighted by molar-refractivity contribution is 6.83. The molecular weight excluding hydrogens is 472 g/mol. The Kier molecular flexibility index (Phi) is 8.99. The Bertz CT molecular complexity index is 908. The Morgan fingerprint density at radius 1 is 0.861 bits per heavy atom. The van der Waals surface area contributed by atoms with Crippen LogP contribution in [0.1, 0.15) is 46.5 Å². The van der Waals surface area contributed by atoms with E-state index in [1.54, 1.807) is 0 Å². The molecule has 0 aromatic heterocycles. The molecule has 0 amide bonds. The Balaban J connectivity index is 1.53. The van der Waals surface area contributed by atoms with Crippen LogP contribution in [0.4, 0.5) is 0 Å². The topological polar surface area (TPSA) is 55.4 Å². The minimum Gasteiger partial charge on any atom is -0.349 e. The summed E-state index contributed by atoms with van der Waals surface area (Å²) in [6, 6.07) is 10.0. The minimum absolute atomic E-state index is 0.0739. The first kappa shape index (κ1) is 27.8. The van der Waals surface area contributed by atoms with Gasteiger partial charge in [-0.15, -0.1) is 5.54 Å². The van der Waals surface area contributed by atoms with Crippen molar-refractivity contribution in [2.45, 2.75) is 97.5 Å². The van der Waals surface area contributed by atoms with Crippen LogP contribution in [0, 0.1) is 35.1 Å². The first-order valence-electron chi connectivity index (χ1n) is 13.4. The third-order valence-corrected chi connectivity index (χ3v) is 8.89. The smallest absolute Gasteiger partial charge is 0.184 e. The fraction of sp³-hybridized carbons (Fsp3) is 0.724. The van der Waals surface area contributed by atoms with Crippen LogP contribution in [0.2, 0.25) is 19.6 Å². The number of hydrogen-bond acceptors (Lipinski definition) is 6. The molecule has 3 aliphatic rings. The molecule has 0 aliphatic carbocycles. The average molecular weight is 517 g/mol. The third kappa shape index (κ3) is 6.42. The second-order valence-electron chi connectivity index (χ2n) is 11.8. The zero-order valence-electron chi connectivity index (χ0n) is 23.1. The van der Waals surface area contributed by atoms with Crippen LogP contribution < -0.4 is 0 Å². The van der Waals surface area contributed by atoms with Gasteiger partial charge in [0.25, 0.3) is 0 Å². The van der Waals surface area contributed by atoms with Gasteiger partial charge < -0.3 is 28.4 Å². The highest BCUT2D eigenvalue weighted by atomic mass is 28.3. The SMILES string of the molecule is CC1O[C@@H](O[C@@H]2C(C)[C@H](OCC#C[Si](C)(C)C)OC3COC(c4ccccc4)O[C@@H]32)C(C)[C@@H](C)[C@@H]1C. The van der Waals surface area contributed by atoms with Crippen LogP contribution in [-0.2, 0) is 28.4 Å². The molecule has 11 atom stereocenters. The second-order valence-corrected chi connectivity index (χ2v) is 16.6. The van der Waals surface area contributed by atoms with Gasteiger partial charge in [0.1, 0.15) is 26.9 Å². The lowest BCUT2D eigenvalue weighted by atomic mass is 9.79. The molecule has 0 bridgehead atoms. The van der Waals surface area contributed by atoms with Crippen LogP contribution in [0.5, 0.6) is 0 Å². The number of ether oxygens (including phenoxy) is 6. The maximum absolute atomic E-state index is 6.80. The molecule has 200 valence electrons. The molecule has 0 saturated carbocycles. The fourth-order valence-electron chi connectivity index (χ4n) is 5.23. The van der Waals surface area contributed by atoms with Gasteiger partial charge in [-0.2, -0.15) is 0 Å². The second kappa shape index (κ2) is 11.7. The zero-order valence-corrected chi connectivity index (χ0v) is 24.1. The Morgan fingerprint density at radius 3 is 2.28 bits per heavy atom. The van der Waals surface area contributed by atoms with Crippen LogP contribution in [0.25, 0.3) is 0 Å². The first-order valence-corrected chi connectivity index (χ1v) is 16.9. The van der Waals surface area contributed by atoms with Crippen LogP contribution in [0.15, 0.2) is 30.3 Å². The molecule has 3 aliphatic heterocycles. The molecule has 1 aromatic rings. The summed E-state index contributed by atoms with van der Waals surface area (Å²) < 4.78 is 38.3. The summed E-state index contributed by atoms with van der Waals surface area (Å²) >= 11 is 0. The summed E-state index contributed by atoms with van der Waals surface area (Å²) in [6.07, 6.45) is -1.97. The molecule has 0 spiro atoms. The van der Waals surface area contributed by atoms with Crippen molar-refractivity contribution >= 4 is 8.07 Å². The van der Waals surface area contributed by atoms with Crippen molar-refractivity contribution in [3.63, 3.8) is 0 Å². The number of rotatable bonds is 5. The van der Waals surface area contributed by atoms with E-state index in [1.165, 1.54) is 0 Å². The quantitative estimate of drug-likeness (QED) is 0.386. The normalized spacial score (nSPS) is 41.2. The molecule has 5 unspecified atom stereocenters. The van der Waals surface area contributed by atoms with Crippen molar-refractivity contribution in [3.05, 3.63) is 35.9 Å². The highest BCUT2D eigenvalue weighted by Crippen LogP contribution is 2.41. The summed E-state index contributed by atoms with van der Waals surface area (Å²) in [6.45, 7) is 18.4. The van der Waals surface area contributed by atoms with E-state index < -0.39 is 20.7 Å². The maximum atomic E-state index is 6.80. The highest BCUT2D eigenvalue weighted by Gasteiger charge is 2.51. The summed E-state index contributed by atoms with van der Waals surface area (Å²) in [7, 11) is -1.46. The molecule has 0 radical (unpaired) electrons. The molecule has 3 heterocycles. The van der Waals surface area contributed by atoms with E-state index in [0.29, 0.717) is 25.0 Å². The van der Waals surface area contributed by atoms with Crippen LogP contribution in [-0.4, -0.2) is 58.3 Å². The van der Waals surface area contributed by atoms with Gasteiger partial charge in [-0.1, -0.05) is 83.6 Å². The van der Waals surface area contributed by atoms with Crippen LogP contribution in [0.3, 0.4) is 0 Å². The lowest BCUT2D eigenvalue weighted by Crippen LogP contribution is -2.61. The maximum Gasteiger partial charge on any atom is 0.184 e. The molecule has 1 aromatic carbocycles. The van der Waals surface area contributed by atoms with Gasteiger partial charge in [-0.3, -0.25) is 0 Å². The Hall–Kier alpha value is -1.24. The van der Waals surface area contributed by atoms with Crippen LogP contribution >= 0.6 is 0 Å². The number of benzene rings is 1. The van der Waals surface area contributed by atoms with Crippen molar-refractivity contribution in [3.8, 4) is 11.5 Å². The van der Waals surface area contributed by atoms with E-state index in [2.05, 4.69) is 65.7 Å². The molecular formula is C29H44O6Si.